The van der Waals surface area contributed by atoms with E-state index >= 15 is 0 Å². The minimum absolute atomic E-state index is 0.191. The Morgan fingerprint density at radius 2 is 2.05 bits per heavy atom. The molecule has 112 valence electrons. The highest BCUT2D eigenvalue weighted by atomic mass is 16.5. The smallest absolute Gasteiger partial charge is 0.257 e. The lowest BCUT2D eigenvalue weighted by molar-refractivity contribution is -0.143. The molecule has 1 aromatic carbocycles. The number of hydrogen-bond donors (Lipinski definition) is 2. The number of methoxy groups -OCH3 is 1. The highest BCUT2D eigenvalue weighted by Gasteiger charge is 2.44. The fourth-order valence-corrected chi connectivity index (χ4v) is 2.12. The Labute approximate surface area is 122 Å². The Balaban J connectivity index is 2.38. The van der Waals surface area contributed by atoms with Gasteiger partial charge in [0.1, 0.15) is 17.8 Å². The number of piperazine rings is 1. The summed E-state index contributed by atoms with van der Waals surface area (Å²) in [5, 5.41) is 2.22. The molecule has 0 aromatic heterocycles. The van der Waals surface area contributed by atoms with Gasteiger partial charge in [0.2, 0.25) is 5.91 Å². The summed E-state index contributed by atoms with van der Waals surface area (Å²) in [6.07, 6.45) is 0. The molecule has 0 atom stereocenters. The Bertz CT molecular complexity index is 625. The molecule has 0 bridgehead atoms. The van der Waals surface area contributed by atoms with Crippen LogP contribution < -0.4 is 15.8 Å². The molecule has 1 fully saturated rings. The fourth-order valence-electron chi connectivity index (χ4n) is 2.12. The second kappa shape index (κ2) is 5.08. The van der Waals surface area contributed by atoms with Gasteiger partial charge in [-0.05, 0) is 26.0 Å². The van der Waals surface area contributed by atoms with Crippen LogP contribution >= 0.6 is 0 Å². The molecule has 7 heteroatoms. The van der Waals surface area contributed by atoms with Crippen molar-refractivity contribution in [3.63, 3.8) is 0 Å². The standard InChI is InChI=1S/C14H17N3O4/c1-14(2)13(20)16-11(18)7-17(14)12(19)9-5-4-8(21-3)6-10(9)15/h4-6H,7,15H2,1-3H3,(H,16,18,20). The average Bonchev–Trinajstić information content (AvgIpc) is 2.42. The third kappa shape index (κ3) is 2.54. The molecule has 2 rings (SSSR count). The van der Waals surface area contributed by atoms with Gasteiger partial charge in [-0.15, -0.1) is 0 Å². The summed E-state index contributed by atoms with van der Waals surface area (Å²) in [6, 6.07) is 4.64. The number of imide groups is 1. The number of ether oxygens (including phenoxy) is 1. The van der Waals surface area contributed by atoms with Gasteiger partial charge >= 0.3 is 0 Å². The second-order valence-electron chi connectivity index (χ2n) is 5.28. The summed E-state index contributed by atoms with van der Waals surface area (Å²) in [7, 11) is 1.49. The van der Waals surface area contributed by atoms with Crippen LogP contribution in [0.4, 0.5) is 5.69 Å². The molecular formula is C14H17N3O4. The highest BCUT2D eigenvalue weighted by Crippen LogP contribution is 2.25. The molecule has 0 unspecified atom stereocenters. The van der Waals surface area contributed by atoms with Gasteiger partial charge in [-0.2, -0.15) is 0 Å². The quantitative estimate of drug-likeness (QED) is 0.597. The fraction of sp³-hybridized carbons (Fsp3) is 0.357. The predicted octanol–water partition coefficient (Wildman–Crippen LogP) is 0.155. The van der Waals surface area contributed by atoms with Gasteiger partial charge in [-0.3, -0.25) is 19.7 Å². The van der Waals surface area contributed by atoms with E-state index in [0.717, 1.165) is 0 Å². The number of rotatable bonds is 2. The first-order valence-corrected chi connectivity index (χ1v) is 6.37. The van der Waals surface area contributed by atoms with E-state index < -0.39 is 23.3 Å². The Morgan fingerprint density at radius 3 is 2.62 bits per heavy atom. The van der Waals surface area contributed by atoms with Crippen LogP contribution in [0.5, 0.6) is 5.75 Å². The number of nitrogens with zero attached hydrogens (tertiary/aromatic N) is 1. The van der Waals surface area contributed by atoms with E-state index in [1.165, 1.54) is 24.1 Å². The van der Waals surface area contributed by atoms with Crippen LogP contribution in [0.15, 0.2) is 18.2 Å². The van der Waals surface area contributed by atoms with Gasteiger partial charge in [-0.1, -0.05) is 0 Å². The molecule has 1 saturated heterocycles. The number of anilines is 1. The molecule has 3 amide bonds. The Morgan fingerprint density at radius 1 is 1.38 bits per heavy atom. The first-order valence-electron chi connectivity index (χ1n) is 6.37. The largest absolute Gasteiger partial charge is 0.497 e. The SMILES string of the molecule is COc1ccc(C(=O)N2CC(=O)NC(=O)C2(C)C)c(N)c1. The third-order valence-corrected chi connectivity index (χ3v) is 3.52. The number of nitrogens with two attached hydrogens (primary N) is 1. The van der Waals surface area contributed by atoms with Crippen molar-refractivity contribution in [2.75, 3.05) is 19.4 Å². The number of nitrogen functional groups attached to an aromatic ring is 1. The van der Waals surface area contributed by atoms with E-state index in [1.54, 1.807) is 19.9 Å². The van der Waals surface area contributed by atoms with Crippen molar-refractivity contribution < 1.29 is 19.1 Å². The summed E-state index contributed by atoms with van der Waals surface area (Å²) < 4.78 is 5.03. The van der Waals surface area contributed by atoms with E-state index in [4.69, 9.17) is 10.5 Å². The Kier molecular flexibility index (Phi) is 3.59. The van der Waals surface area contributed by atoms with Crippen molar-refractivity contribution in [3.05, 3.63) is 23.8 Å². The maximum atomic E-state index is 12.6. The van der Waals surface area contributed by atoms with E-state index in [-0.39, 0.29) is 17.8 Å². The van der Waals surface area contributed by atoms with Gasteiger partial charge in [0.05, 0.1) is 12.7 Å². The number of nitrogens with one attached hydrogen (secondary N) is 1. The summed E-state index contributed by atoms with van der Waals surface area (Å²) in [5.74, 6) is -0.974. The molecule has 0 radical (unpaired) electrons. The van der Waals surface area contributed by atoms with E-state index in [9.17, 15) is 14.4 Å². The molecule has 21 heavy (non-hydrogen) atoms. The maximum Gasteiger partial charge on any atom is 0.257 e. The van der Waals surface area contributed by atoms with Crippen molar-refractivity contribution >= 4 is 23.4 Å². The lowest BCUT2D eigenvalue weighted by Crippen LogP contribution is -2.65. The third-order valence-electron chi connectivity index (χ3n) is 3.52. The summed E-state index contributed by atoms with van der Waals surface area (Å²) in [6.45, 7) is 2.96. The van der Waals surface area contributed by atoms with E-state index in [2.05, 4.69) is 5.32 Å². The molecule has 1 aliphatic rings. The lowest BCUT2D eigenvalue weighted by Gasteiger charge is -2.40. The molecule has 1 aliphatic heterocycles. The van der Waals surface area contributed by atoms with Crippen LogP contribution in [0, 0.1) is 0 Å². The lowest BCUT2D eigenvalue weighted by atomic mass is 9.97. The van der Waals surface area contributed by atoms with Crippen LogP contribution in [0.3, 0.4) is 0 Å². The molecule has 1 heterocycles. The first kappa shape index (κ1) is 14.8. The molecule has 1 aromatic rings. The van der Waals surface area contributed by atoms with Crippen molar-refractivity contribution in [1.82, 2.24) is 10.2 Å². The number of carbonyl (C=O) groups is 3. The molecule has 0 saturated carbocycles. The monoisotopic (exact) mass is 291 g/mol. The second-order valence-corrected chi connectivity index (χ2v) is 5.28. The normalized spacial score (nSPS) is 17.4. The number of amides is 3. The summed E-state index contributed by atoms with van der Waals surface area (Å²) >= 11 is 0. The summed E-state index contributed by atoms with van der Waals surface area (Å²) in [5.41, 5.74) is 5.18. The van der Waals surface area contributed by atoms with Crippen molar-refractivity contribution in [3.8, 4) is 5.75 Å². The van der Waals surface area contributed by atoms with Crippen molar-refractivity contribution in [2.45, 2.75) is 19.4 Å². The predicted molar refractivity (Wildman–Crippen MR) is 75.7 cm³/mol. The van der Waals surface area contributed by atoms with Crippen molar-refractivity contribution in [2.24, 2.45) is 0 Å². The average molecular weight is 291 g/mol. The van der Waals surface area contributed by atoms with Gasteiger partial charge in [0.25, 0.3) is 11.8 Å². The van der Waals surface area contributed by atoms with E-state index in [0.29, 0.717) is 5.75 Å². The number of carbonyl (C=O) groups excluding carboxylic acids is 3. The van der Waals surface area contributed by atoms with Crippen LogP contribution in [0.1, 0.15) is 24.2 Å². The molecule has 0 spiro atoms. The van der Waals surface area contributed by atoms with Crippen molar-refractivity contribution in [1.29, 1.82) is 0 Å². The van der Waals surface area contributed by atoms with Gasteiger partial charge in [-0.25, -0.2) is 0 Å². The minimum Gasteiger partial charge on any atom is -0.497 e. The van der Waals surface area contributed by atoms with Crippen LogP contribution in [-0.2, 0) is 9.59 Å². The Hall–Kier alpha value is -2.57. The van der Waals surface area contributed by atoms with Crippen LogP contribution in [-0.4, -0.2) is 41.8 Å². The number of benzene rings is 1. The molecule has 3 N–H and O–H groups in total. The van der Waals surface area contributed by atoms with Crippen LogP contribution in [0.25, 0.3) is 0 Å². The maximum absolute atomic E-state index is 12.6. The van der Waals surface area contributed by atoms with Gasteiger partial charge in [0.15, 0.2) is 0 Å². The minimum atomic E-state index is -1.13. The van der Waals surface area contributed by atoms with Gasteiger partial charge < -0.3 is 15.4 Å². The molecular weight excluding hydrogens is 274 g/mol. The molecule has 0 aliphatic carbocycles. The first-order chi connectivity index (χ1) is 9.77. The van der Waals surface area contributed by atoms with Gasteiger partial charge in [0, 0.05) is 11.8 Å². The zero-order valence-electron chi connectivity index (χ0n) is 12.1. The zero-order valence-corrected chi connectivity index (χ0v) is 12.1. The van der Waals surface area contributed by atoms with E-state index in [1.807, 2.05) is 0 Å². The highest BCUT2D eigenvalue weighted by molar-refractivity contribution is 6.10. The zero-order chi connectivity index (χ0) is 15.8. The molecule has 7 nitrogen and oxygen atoms in total. The summed E-state index contributed by atoms with van der Waals surface area (Å²) in [4.78, 5) is 37.2. The topological polar surface area (TPSA) is 102 Å². The van der Waals surface area contributed by atoms with Crippen LogP contribution in [0.2, 0.25) is 0 Å². The number of hydrogen-bond acceptors (Lipinski definition) is 5.